The van der Waals surface area contributed by atoms with Crippen LogP contribution in [0.4, 0.5) is 4.79 Å². The highest BCUT2D eigenvalue weighted by Gasteiger charge is 2.28. The van der Waals surface area contributed by atoms with Crippen LogP contribution in [-0.4, -0.2) is 40.9 Å². The first kappa shape index (κ1) is 18.6. The summed E-state index contributed by atoms with van der Waals surface area (Å²) in [6.07, 6.45) is 1.08. The molecule has 1 aliphatic rings. The van der Waals surface area contributed by atoms with Crippen LogP contribution in [0.3, 0.4) is 0 Å². The molecule has 1 heterocycles. The van der Waals surface area contributed by atoms with E-state index in [1.54, 1.807) is 11.0 Å². The van der Waals surface area contributed by atoms with E-state index in [0.717, 1.165) is 5.56 Å². The third-order valence-electron chi connectivity index (χ3n) is 3.75. The Hall–Kier alpha value is -1.69. The Labute approximate surface area is 148 Å². The van der Waals surface area contributed by atoms with E-state index in [4.69, 9.17) is 9.47 Å². The van der Waals surface area contributed by atoms with Gasteiger partial charge in [0.05, 0.1) is 5.56 Å². The number of carbonyl (C=O) groups excluding carboxylic acids is 2. The molecule has 0 radical (unpaired) electrons. The second-order valence-corrected chi connectivity index (χ2v) is 7.50. The number of likely N-dealkylation sites (tertiary alicyclic amines) is 1. The first-order chi connectivity index (χ1) is 11.2. The summed E-state index contributed by atoms with van der Waals surface area (Å²) in [6.45, 7) is 8.67. The molecule has 1 aliphatic heterocycles. The zero-order chi connectivity index (χ0) is 17.9. The highest BCUT2D eigenvalue weighted by Crippen LogP contribution is 2.26. The third-order valence-corrected chi connectivity index (χ3v) is 4.00. The maximum absolute atomic E-state index is 12.1. The standard InChI is InChI=1S/C18H25NO4S/c1-12-5-6-14(16(20)24)15(11-12)22-13-7-9-19(10-8-13)17(21)23-18(2,3)4/h5-6,11,13H,7-10H2,1-4H3,(H,20,24). The van der Waals surface area contributed by atoms with Crippen LogP contribution in [0, 0.1) is 6.92 Å². The van der Waals surface area contributed by atoms with Gasteiger partial charge in [0.25, 0.3) is 0 Å². The molecule has 0 spiro atoms. The van der Waals surface area contributed by atoms with Gasteiger partial charge in [0.1, 0.15) is 17.5 Å². The zero-order valence-corrected chi connectivity index (χ0v) is 15.6. The van der Waals surface area contributed by atoms with Gasteiger partial charge in [0, 0.05) is 25.9 Å². The molecule has 132 valence electrons. The molecule has 0 atom stereocenters. The van der Waals surface area contributed by atoms with Crippen molar-refractivity contribution >= 4 is 23.8 Å². The summed E-state index contributed by atoms with van der Waals surface area (Å²) in [5.41, 5.74) is 1.00. The van der Waals surface area contributed by atoms with Gasteiger partial charge < -0.3 is 14.4 Å². The highest BCUT2D eigenvalue weighted by atomic mass is 32.1. The number of hydrogen-bond acceptors (Lipinski definition) is 4. The summed E-state index contributed by atoms with van der Waals surface area (Å²) in [4.78, 5) is 25.4. The van der Waals surface area contributed by atoms with Gasteiger partial charge in [-0.2, -0.15) is 0 Å². The van der Waals surface area contributed by atoms with Gasteiger partial charge in [-0.15, -0.1) is 12.6 Å². The van der Waals surface area contributed by atoms with Crippen molar-refractivity contribution in [3.63, 3.8) is 0 Å². The Morgan fingerprint density at radius 3 is 2.38 bits per heavy atom. The number of rotatable bonds is 3. The van der Waals surface area contributed by atoms with Gasteiger partial charge in [0.15, 0.2) is 0 Å². The predicted molar refractivity (Wildman–Crippen MR) is 96.0 cm³/mol. The van der Waals surface area contributed by atoms with Crippen LogP contribution in [0.25, 0.3) is 0 Å². The van der Waals surface area contributed by atoms with Crippen molar-refractivity contribution < 1.29 is 19.1 Å². The first-order valence-corrected chi connectivity index (χ1v) is 8.59. The quantitative estimate of drug-likeness (QED) is 0.841. The van der Waals surface area contributed by atoms with E-state index in [-0.39, 0.29) is 17.3 Å². The Morgan fingerprint density at radius 1 is 1.21 bits per heavy atom. The first-order valence-electron chi connectivity index (χ1n) is 8.14. The molecule has 1 amide bonds. The zero-order valence-electron chi connectivity index (χ0n) is 14.7. The van der Waals surface area contributed by atoms with Crippen LogP contribution in [0.2, 0.25) is 0 Å². The number of thiol groups is 1. The fraction of sp³-hybridized carbons (Fsp3) is 0.556. The van der Waals surface area contributed by atoms with Crippen LogP contribution >= 0.6 is 12.6 Å². The van der Waals surface area contributed by atoms with E-state index in [2.05, 4.69) is 12.6 Å². The van der Waals surface area contributed by atoms with Crippen LogP contribution in [-0.2, 0) is 4.74 Å². The van der Waals surface area contributed by atoms with Crippen LogP contribution < -0.4 is 4.74 Å². The molecule has 1 saturated heterocycles. The molecule has 6 heteroatoms. The van der Waals surface area contributed by atoms with E-state index in [1.165, 1.54) is 0 Å². The maximum atomic E-state index is 12.1. The average Bonchev–Trinajstić information content (AvgIpc) is 2.46. The monoisotopic (exact) mass is 351 g/mol. The van der Waals surface area contributed by atoms with Crippen LogP contribution in [0.15, 0.2) is 18.2 Å². The Morgan fingerprint density at radius 2 is 1.83 bits per heavy atom. The summed E-state index contributed by atoms with van der Waals surface area (Å²) < 4.78 is 11.4. The third kappa shape index (κ3) is 5.16. The smallest absolute Gasteiger partial charge is 0.410 e. The fourth-order valence-corrected chi connectivity index (χ4v) is 2.75. The lowest BCUT2D eigenvalue weighted by molar-refractivity contribution is 0.0126. The minimum atomic E-state index is -0.492. The van der Waals surface area contributed by atoms with Gasteiger partial charge in [0.2, 0.25) is 5.12 Å². The van der Waals surface area contributed by atoms with Gasteiger partial charge in [-0.1, -0.05) is 6.07 Å². The second-order valence-electron chi connectivity index (χ2n) is 7.09. The van der Waals surface area contributed by atoms with Crippen molar-refractivity contribution in [3.8, 4) is 5.75 Å². The van der Waals surface area contributed by atoms with Crippen molar-refractivity contribution in [2.45, 2.75) is 52.2 Å². The van der Waals surface area contributed by atoms with Crippen molar-refractivity contribution in [2.75, 3.05) is 13.1 Å². The van der Waals surface area contributed by atoms with E-state index in [1.807, 2.05) is 39.8 Å². The minimum absolute atomic E-state index is 0.0306. The average molecular weight is 351 g/mol. The summed E-state index contributed by atoms with van der Waals surface area (Å²) >= 11 is 3.90. The number of piperidine rings is 1. The lowest BCUT2D eigenvalue weighted by Crippen LogP contribution is -2.44. The summed E-state index contributed by atoms with van der Waals surface area (Å²) in [6, 6.07) is 5.45. The lowest BCUT2D eigenvalue weighted by atomic mass is 10.1. The van der Waals surface area contributed by atoms with Crippen molar-refractivity contribution in [2.24, 2.45) is 0 Å². The van der Waals surface area contributed by atoms with E-state index in [0.29, 0.717) is 37.2 Å². The number of hydrogen-bond donors (Lipinski definition) is 1. The highest BCUT2D eigenvalue weighted by molar-refractivity contribution is 7.97. The summed E-state index contributed by atoms with van der Waals surface area (Å²) in [7, 11) is 0. The number of aryl methyl sites for hydroxylation is 1. The molecule has 1 aromatic carbocycles. The topological polar surface area (TPSA) is 55.8 Å². The molecular weight excluding hydrogens is 326 g/mol. The van der Waals surface area contributed by atoms with Crippen molar-refractivity contribution in [1.29, 1.82) is 0 Å². The molecule has 0 aliphatic carbocycles. The normalized spacial score (nSPS) is 16.0. The molecule has 1 aromatic rings. The molecule has 1 fully saturated rings. The number of amides is 1. The molecule has 0 bridgehead atoms. The Kier molecular flexibility index (Phi) is 5.80. The minimum Gasteiger partial charge on any atom is -0.489 e. The molecule has 5 nitrogen and oxygen atoms in total. The second kappa shape index (κ2) is 7.47. The molecule has 24 heavy (non-hydrogen) atoms. The van der Waals surface area contributed by atoms with Crippen molar-refractivity contribution in [1.82, 2.24) is 4.90 Å². The van der Waals surface area contributed by atoms with E-state index < -0.39 is 5.60 Å². The van der Waals surface area contributed by atoms with E-state index in [9.17, 15) is 9.59 Å². The molecular formula is C18H25NO4S. The van der Waals surface area contributed by atoms with Gasteiger partial charge >= 0.3 is 6.09 Å². The van der Waals surface area contributed by atoms with Crippen LogP contribution in [0.5, 0.6) is 5.75 Å². The molecule has 0 N–H and O–H groups in total. The predicted octanol–water partition coefficient (Wildman–Crippen LogP) is 3.84. The molecule has 2 rings (SSSR count). The molecule has 0 aromatic heterocycles. The number of carbonyl (C=O) groups is 2. The Balaban J connectivity index is 1.95. The largest absolute Gasteiger partial charge is 0.489 e. The van der Waals surface area contributed by atoms with Gasteiger partial charge in [-0.3, -0.25) is 4.79 Å². The Bertz CT molecular complexity index is 616. The molecule has 0 saturated carbocycles. The van der Waals surface area contributed by atoms with Crippen LogP contribution in [0.1, 0.15) is 49.5 Å². The lowest BCUT2D eigenvalue weighted by Gasteiger charge is -2.33. The number of ether oxygens (including phenoxy) is 2. The molecule has 0 unspecified atom stereocenters. The van der Waals surface area contributed by atoms with Crippen molar-refractivity contribution in [3.05, 3.63) is 29.3 Å². The number of benzene rings is 1. The summed E-state index contributed by atoms with van der Waals surface area (Å²) in [5, 5.41) is -0.309. The fourth-order valence-electron chi connectivity index (χ4n) is 2.57. The number of nitrogens with zero attached hydrogens (tertiary/aromatic N) is 1. The van der Waals surface area contributed by atoms with Gasteiger partial charge in [-0.05, 0) is 45.4 Å². The maximum Gasteiger partial charge on any atom is 0.410 e. The summed E-state index contributed by atoms with van der Waals surface area (Å²) in [5.74, 6) is 0.561. The van der Waals surface area contributed by atoms with E-state index >= 15 is 0 Å². The van der Waals surface area contributed by atoms with Gasteiger partial charge in [-0.25, -0.2) is 4.79 Å². The SMILES string of the molecule is Cc1ccc(C(=O)S)c(OC2CCN(C(=O)OC(C)(C)C)CC2)c1.